The summed E-state index contributed by atoms with van der Waals surface area (Å²) in [6.07, 6.45) is 2.98. The minimum absolute atomic E-state index is 0.0188. The summed E-state index contributed by atoms with van der Waals surface area (Å²) in [5.74, 6) is -0.252. The van der Waals surface area contributed by atoms with Crippen LogP contribution in [-0.2, 0) is 0 Å². The lowest BCUT2D eigenvalue weighted by molar-refractivity contribution is 0.127. The van der Waals surface area contributed by atoms with Crippen LogP contribution >= 0.6 is 0 Å². The van der Waals surface area contributed by atoms with Crippen molar-refractivity contribution in [2.45, 2.75) is 38.3 Å². The topological polar surface area (TPSA) is 123 Å². The molecule has 1 saturated heterocycles. The standard InChI is InChI=1S/C21H30FN7O2/c1-21(2,24)12-29-8-6-15(7-9-29)28(3)20(30)27-18-11-19(26-13-25-18)31-17-5-4-14(23)10-16(17)22/h4-5,10-11,13,15H,6-9,12,23-24H2,1-3H3,(H,25,26,27,30). The molecule has 1 aliphatic heterocycles. The number of carbonyl (C=O) groups excluding carboxylic acids is 1. The zero-order chi connectivity index (χ0) is 22.6. The Hall–Kier alpha value is -2.98. The number of piperidine rings is 1. The Morgan fingerprint density at radius 2 is 2.03 bits per heavy atom. The quantitative estimate of drug-likeness (QED) is 0.601. The Morgan fingerprint density at radius 1 is 1.32 bits per heavy atom. The average Bonchev–Trinajstić information content (AvgIpc) is 2.69. The van der Waals surface area contributed by atoms with Crippen molar-refractivity contribution in [1.29, 1.82) is 0 Å². The van der Waals surface area contributed by atoms with E-state index in [1.54, 1.807) is 11.9 Å². The lowest BCUT2D eigenvalue weighted by Crippen LogP contribution is -2.51. The van der Waals surface area contributed by atoms with Crippen LogP contribution in [0.2, 0.25) is 0 Å². The Kier molecular flexibility index (Phi) is 6.91. The monoisotopic (exact) mass is 431 g/mol. The normalized spacial score (nSPS) is 15.5. The van der Waals surface area contributed by atoms with Crippen molar-refractivity contribution in [3.05, 3.63) is 36.4 Å². The third-order valence-electron chi connectivity index (χ3n) is 5.10. The van der Waals surface area contributed by atoms with Crippen molar-refractivity contribution in [3.63, 3.8) is 0 Å². The number of amides is 2. The summed E-state index contributed by atoms with van der Waals surface area (Å²) in [4.78, 5) is 24.7. The number of halogens is 1. The third-order valence-corrected chi connectivity index (χ3v) is 5.10. The number of rotatable bonds is 6. The highest BCUT2D eigenvalue weighted by Gasteiger charge is 2.27. The van der Waals surface area contributed by atoms with E-state index in [0.717, 1.165) is 38.5 Å². The summed E-state index contributed by atoms with van der Waals surface area (Å²) in [5, 5.41) is 2.75. The van der Waals surface area contributed by atoms with Crippen LogP contribution in [0.3, 0.4) is 0 Å². The molecule has 0 aliphatic carbocycles. The molecule has 2 aromatic rings. The van der Waals surface area contributed by atoms with Gasteiger partial charge in [-0.05, 0) is 38.8 Å². The number of anilines is 2. The average molecular weight is 432 g/mol. The smallest absolute Gasteiger partial charge is 0.323 e. The van der Waals surface area contributed by atoms with Crippen LogP contribution in [0.25, 0.3) is 0 Å². The van der Waals surface area contributed by atoms with E-state index in [4.69, 9.17) is 16.2 Å². The molecule has 1 aromatic heterocycles. The molecule has 1 aliphatic rings. The van der Waals surface area contributed by atoms with Crippen molar-refractivity contribution < 1.29 is 13.9 Å². The molecule has 3 rings (SSSR count). The van der Waals surface area contributed by atoms with E-state index in [2.05, 4.69) is 20.2 Å². The first kappa shape index (κ1) is 22.7. The van der Waals surface area contributed by atoms with Crippen molar-refractivity contribution in [2.75, 3.05) is 37.7 Å². The predicted octanol–water partition coefficient (Wildman–Crippen LogP) is 2.66. The Balaban J connectivity index is 1.56. The third kappa shape index (κ3) is 6.50. The molecule has 9 nitrogen and oxygen atoms in total. The number of hydrogen-bond acceptors (Lipinski definition) is 7. The van der Waals surface area contributed by atoms with Gasteiger partial charge in [0.1, 0.15) is 12.1 Å². The lowest BCUT2D eigenvalue weighted by atomic mass is 10.0. The molecule has 0 radical (unpaired) electrons. The molecule has 2 heterocycles. The molecule has 1 fully saturated rings. The van der Waals surface area contributed by atoms with Crippen LogP contribution in [0.1, 0.15) is 26.7 Å². The van der Waals surface area contributed by atoms with Crippen molar-refractivity contribution in [2.24, 2.45) is 5.73 Å². The first-order valence-electron chi connectivity index (χ1n) is 10.2. The van der Waals surface area contributed by atoms with Crippen LogP contribution in [0.5, 0.6) is 11.6 Å². The molecule has 10 heteroatoms. The largest absolute Gasteiger partial charge is 0.436 e. The first-order chi connectivity index (χ1) is 14.6. The fourth-order valence-corrected chi connectivity index (χ4v) is 3.58. The second-order valence-electron chi connectivity index (χ2n) is 8.57. The number of nitrogens with one attached hydrogen (secondary N) is 1. The molecule has 31 heavy (non-hydrogen) atoms. The van der Waals surface area contributed by atoms with E-state index >= 15 is 0 Å². The molecule has 5 N–H and O–H groups in total. The maximum Gasteiger partial charge on any atom is 0.323 e. The summed E-state index contributed by atoms with van der Waals surface area (Å²) in [5.41, 5.74) is 11.7. The second-order valence-corrected chi connectivity index (χ2v) is 8.57. The van der Waals surface area contributed by atoms with Gasteiger partial charge in [-0.2, -0.15) is 0 Å². The fraction of sp³-hybridized carbons (Fsp3) is 0.476. The highest BCUT2D eigenvalue weighted by molar-refractivity contribution is 5.88. The van der Waals surface area contributed by atoms with Gasteiger partial charge in [-0.3, -0.25) is 5.32 Å². The van der Waals surface area contributed by atoms with Crippen LogP contribution < -0.4 is 21.5 Å². The van der Waals surface area contributed by atoms with Gasteiger partial charge in [-0.15, -0.1) is 0 Å². The minimum atomic E-state index is -0.603. The predicted molar refractivity (Wildman–Crippen MR) is 117 cm³/mol. The van der Waals surface area contributed by atoms with Gasteiger partial charge < -0.3 is 26.0 Å². The zero-order valence-electron chi connectivity index (χ0n) is 18.1. The fourth-order valence-electron chi connectivity index (χ4n) is 3.58. The number of urea groups is 1. The van der Waals surface area contributed by atoms with Gasteiger partial charge in [-0.25, -0.2) is 19.2 Å². The van der Waals surface area contributed by atoms with Gasteiger partial charge in [0, 0.05) is 56.1 Å². The van der Waals surface area contributed by atoms with Crippen LogP contribution in [-0.4, -0.2) is 64.1 Å². The Morgan fingerprint density at radius 3 is 2.68 bits per heavy atom. The van der Waals surface area contributed by atoms with E-state index in [1.165, 1.54) is 24.5 Å². The van der Waals surface area contributed by atoms with Crippen LogP contribution in [0.4, 0.5) is 20.7 Å². The summed E-state index contributed by atoms with van der Waals surface area (Å²) < 4.78 is 19.4. The number of ether oxygens (including phenoxy) is 1. The molecular formula is C21H30FN7O2. The van der Waals surface area contributed by atoms with Gasteiger partial charge in [0.15, 0.2) is 11.6 Å². The number of nitrogens with zero attached hydrogens (tertiary/aromatic N) is 4. The number of nitrogen functional groups attached to an aromatic ring is 1. The summed E-state index contributed by atoms with van der Waals surface area (Å²) in [6.45, 7) is 6.64. The van der Waals surface area contributed by atoms with Gasteiger partial charge >= 0.3 is 6.03 Å². The van der Waals surface area contributed by atoms with Crippen molar-refractivity contribution in [3.8, 4) is 11.6 Å². The van der Waals surface area contributed by atoms with E-state index in [9.17, 15) is 9.18 Å². The van der Waals surface area contributed by atoms with Crippen molar-refractivity contribution in [1.82, 2.24) is 19.8 Å². The van der Waals surface area contributed by atoms with Gasteiger partial charge in [-0.1, -0.05) is 0 Å². The summed E-state index contributed by atoms with van der Waals surface area (Å²) in [7, 11) is 1.77. The Bertz CT molecular complexity index is 911. The zero-order valence-corrected chi connectivity index (χ0v) is 18.1. The molecule has 0 saturated carbocycles. The maximum absolute atomic E-state index is 13.9. The van der Waals surface area contributed by atoms with E-state index < -0.39 is 5.82 Å². The van der Waals surface area contributed by atoms with Gasteiger partial charge in [0.05, 0.1) is 0 Å². The highest BCUT2D eigenvalue weighted by Crippen LogP contribution is 2.25. The first-order valence-corrected chi connectivity index (χ1v) is 10.2. The van der Waals surface area contributed by atoms with Crippen LogP contribution in [0, 0.1) is 5.82 Å². The summed E-state index contributed by atoms with van der Waals surface area (Å²) >= 11 is 0. The van der Waals surface area contributed by atoms with Crippen molar-refractivity contribution >= 4 is 17.5 Å². The van der Waals surface area contributed by atoms with Gasteiger partial charge in [0.2, 0.25) is 5.88 Å². The molecule has 1 aromatic carbocycles. The number of hydrogen-bond donors (Lipinski definition) is 3. The minimum Gasteiger partial charge on any atom is -0.436 e. The SMILES string of the molecule is CN(C(=O)Nc1cc(Oc2ccc(N)cc2F)ncn1)C1CCN(CC(C)(C)N)CC1. The molecular weight excluding hydrogens is 401 g/mol. The number of benzene rings is 1. The molecule has 0 unspecified atom stereocenters. The van der Waals surface area contributed by atoms with E-state index in [-0.39, 0.29) is 35.1 Å². The number of likely N-dealkylation sites (tertiary alicyclic amines) is 1. The number of carbonyl (C=O) groups is 1. The highest BCUT2D eigenvalue weighted by atomic mass is 19.1. The lowest BCUT2D eigenvalue weighted by Gasteiger charge is -2.38. The second kappa shape index (κ2) is 9.44. The summed E-state index contributed by atoms with van der Waals surface area (Å²) in [6, 6.07) is 5.38. The Labute approximate surface area is 181 Å². The molecule has 0 bridgehead atoms. The molecule has 168 valence electrons. The molecule has 0 spiro atoms. The van der Waals surface area contributed by atoms with Crippen LogP contribution in [0.15, 0.2) is 30.6 Å². The number of aromatic nitrogens is 2. The maximum atomic E-state index is 13.9. The van der Waals surface area contributed by atoms with E-state index in [0.29, 0.717) is 5.69 Å². The van der Waals surface area contributed by atoms with E-state index in [1.807, 2.05) is 13.8 Å². The molecule has 2 amide bonds. The number of nitrogens with two attached hydrogens (primary N) is 2. The van der Waals surface area contributed by atoms with Gasteiger partial charge in [0.25, 0.3) is 0 Å². The molecule has 0 atom stereocenters.